The van der Waals surface area contributed by atoms with Crippen LogP contribution in [0.25, 0.3) is 0 Å². The van der Waals surface area contributed by atoms with Crippen molar-refractivity contribution in [3.63, 3.8) is 0 Å². The molecular formula is C13H21N3O. The molecule has 17 heavy (non-hydrogen) atoms. The average Bonchev–Trinajstić information content (AvgIpc) is 2.42. The second-order valence-electron chi connectivity index (χ2n) is 4.45. The smallest absolute Gasteiger partial charge is 0.0431 e. The zero-order valence-electron chi connectivity index (χ0n) is 10.2. The first-order chi connectivity index (χ1) is 8.42. The molecule has 0 bridgehead atoms. The van der Waals surface area contributed by atoms with E-state index in [9.17, 15) is 0 Å². The molecular weight excluding hydrogens is 214 g/mol. The Bertz CT molecular complexity index is 312. The molecule has 0 aliphatic carbocycles. The third-order valence-corrected chi connectivity index (χ3v) is 3.32. The Balaban J connectivity index is 2.06. The summed E-state index contributed by atoms with van der Waals surface area (Å²) in [5, 5.41) is 12.4. The number of aliphatic hydroxyl groups excluding tert-OH is 1. The molecule has 2 rings (SSSR count). The van der Waals surface area contributed by atoms with Gasteiger partial charge in [-0.25, -0.2) is 0 Å². The molecule has 0 saturated carbocycles. The molecule has 0 amide bonds. The molecule has 1 aromatic rings. The predicted octanol–water partition coefficient (Wildman–Crippen LogP) is 0.800. The average molecular weight is 235 g/mol. The van der Waals surface area contributed by atoms with Crippen molar-refractivity contribution in [3.8, 4) is 0 Å². The van der Waals surface area contributed by atoms with Crippen LogP contribution in [0.15, 0.2) is 24.5 Å². The summed E-state index contributed by atoms with van der Waals surface area (Å²) in [6.45, 7) is 4.55. The van der Waals surface area contributed by atoms with Gasteiger partial charge in [0.15, 0.2) is 0 Å². The molecule has 4 nitrogen and oxygen atoms in total. The molecule has 0 radical (unpaired) electrons. The highest BCUT2D eigenvalue weighted by Crippen LogP contribution is 2.25. The maximum atomic E-state index is 9.02. The van der Waals surface area contributed by atoms with Crippen LogP contribution in [0.1, 0.15) is 24.4 Å². The zero-order valence-corrected chi connectivity index (χ0v) is 10.2. The molecule has 1 fully saturated rings. The molecule has 2 heterocycles. The SMILES string of the molecule is OCCCC(c1ccncc1)N1CCNCC1. The quantitative estimate of drug-likeness (QED) is 0.792. The predicted molar refractivity (Wildman–Crippen MR) is 67.7 cm³/mol. The van der Waals surface area contributed by atoms with E-state index in [1.165, 1.54) is 5.56 Å². The van der Waals surface area contributed by atoms with Crippen molar-refractivity contribution >= 4 is 0 Å². The number of rotatable bonds is 5. The fourth-order valence-corrected chi connectivity index (χ4v) is 2.42. The molecule has 0 aromatic carbocycles. The normalized spacial score (nSPS) is 19.1. The van der Waals surface area contributed by atoms with Gasteiger partial charge in [0.2, 0.25) is 0 Å². The van der Waals surface area contributed by atoms with Crippen LogP contribution in [-0.4, -0.2) is 47.8 Å². The van der Waals surface area contributed by atoms with Crippen LogP contribution in [0, 0.1) is 0 Å². The van der Waals surface area contributed by atoms with E-state index >= 15 is 0 Å². The third-order valence-electron chi connectivity index (χ3n) is 3.32. The van der Waals surface area contributed by atoms with Crippen LogP contribution in [0.5, 0.6) is 0 Å². The van der Waals surface area contributed by atoms with Crippen LogP contribution in [-0.2, 0) is 0 Å². The number of hydrogen-bond donors (Lipinski definition) is 2. The number of hydrogen-bond acceptors (Lipinski definition) is 4. The van der Waals surface area contributed by atoms with E-state index in [2.05, 4.69) is 27.3 Å². The monoisotopic (exact) mass is 235 g/mol. The number of aliphatic hydroxyl groups is 1. The minimum absolute atomic E-state index is 0.272. The van der Waals surface area contributed by atoms with Gasteiger partial charge in [-0.05, 0) is 30.5 Å². The summed E-state index contributed by atoms with van der Waals surface area (Å²) >= 11 is 0. The van der Waals surface area contributed by atoms with Crippen molar-refractivity contribution in [3.05, 3.63) is 30.1 Å². The summed E-state index contributed by atoms with van der Waals surface area (Å²) < 4.78 is 0. The number of nitrogens with zero attached hydrogens (tertiary/aromatic N) is 2. The first-order valence-electron chi connectivity index (χ1n) is 6.37. The minimum Gasteiger partial charge on any atom is -0.396 e. The molecule has 2 N–H and O–H groups in total. The molecule has 1 saturated heterocycles. The van der Waals surface area contributed by atoms with E-state index in [0.29, 0.717) is 6.04 Å². The Morgan fingerprint density at radius 3 is 2.65 bits per heavy atom. The van der Waals surface area contributed by atoms with E-state index in [-0.39, 0.29) is 6.61 Å². The molecule has 94 valence electrons. The summed E-state index contributed by atoms with van der Waals surface area (Å²) in [5.74, 6) is 0. The highest BCUT2D eigenvalue weighted by atomic mass is 16.2. The lowest BCUT2D eigenvalue weighted by atomic mass is 10.0. The van der Waals surface area contributed by atoms with Gasteiger partial charge in [-0.2, -0.15) is 0 Å². The van der Waals surface area contributed by atoms with Crippen LogP contribution in [0.3, 0.4) is 0 Å². The molecule has 4 heteroatoms. The highest BCUT2D eigenvalue weighted by molar-refractivity contribution is 5.15. The second-order valence-corrected chi connectivity index (χ2v) is 4.45. The second kappa shape index (κ2) is 6.69. The summed E-state index contributed by atoms with van der Waals surface area (Å²) in [4.78, 5) is 6.57. The summed E-state index contributed by atoms with van der Waals surface area (Å²) in [6, 6.07) is 4.60. The number of piperazine rings is 1. The van der Waals surface area contributed by atoms with E-state index < -0.39 is 0 Å². The Hall–Kier alpha value is -0.970. The summed E-state index contributed by atoms with van der Waals surface area (Å²) in [5.41, 5.74) is 1.32. The van der Waals surface area contributed by atoms with Crippen molar-refractivity contribution in [2.75, 3.05) is 32.8 Å². The topological polar surface area (TPSA) is 48.4 Å². The van der Waals surface area contributed by atoms with Crippen molar-refractivity contribution in [2.45, 2.75) is 18.9 Å². The Labute approximate surface area is 103 Å². The van der Waals surface area contributed by atoms with Crippen LogP contribution in [0.4, 0.5) is 0 Å². The summed E-state index contributed by atoms with van der Waals surface area (Å²) in [6.07, 6.45) is 5.57. The number of pyridine rings is 1. The van der Waals surface area contributed by atoms with Crippen molar-refractivity contribution in [1.82, 2.24) is 15.2 Å². The van der Waals surface area contributed by atoms with Crippen LogP contribution in [0.2, 0.25) is 0 Å². The van der Waals surface area contributed by atoms with Gasteiger partial charge in [0, 0.05) is 51.2 Å². The maximum Gasteiger partial charge on any atom is 0.0431 e. The van der Waals surface area contributed by atoms with Crippen molar-refractivity contribution in [2.24, 2.45) is 0 Å². The Kier molecular flexibility index (Phi) is 4.91. The lowest BCUT2D eigenvalue weighted by molar-refractivity contribution is 0.154. The van der Waals surface area contributed by atoms with Gasteiger partial charge in [0.25, 0.3) is 0 Å². The van der Waals surface area contributed by atoms with E-state index in [0.717, 1.165) is 39.0 Å². The van der Waals surface area contributed by atoms with Crippen molar-refractivity contribution in [1.29, 1.82) is 0 Å². The fraction of sp³-hybridized carbons (Fsp3) is 0.615. The fourth-order valence-electron chi connectivity index (χ4n) is 2.42. The molecule has 1 aromatic heterocycles. The van der Waals surface area contributed by atoms with Gasteiger partial charge in [0.05, 0.1) is 0 Å². The van der Waals surface area contributed by atoms with Gasteiger partial charge in [-0.15, -0.1) is 0 Å². The minimum atomic E-state index is 0.272. The highest BCUT2D eigenvalue weighted by Gasteiger charge is 2.21. The standard InChI is InChI=1S/C13H21N3O/c17-11-1-2-13(12-3-5-14-6-4-12)16-9-7-15-8-10-16/h3-6,13,15,17H,1-2,7-11H2. The lowest BCUT2D eigenvalue weighted by Gasteiger charge is -2.35. The van der Waals surface area contributed by atoms with Gasteiger partial charge >= 0.3 is 0 Å². The lowest BCUT2D eigenvalue weighted by Crippen LogP contribution is -2.45. The van der Waals surface area contributed by atoms with Gasteiger partial charge in [-0.3, -0.25) is 9.88 Å². The van der Waals surface area contributed by atoms with Crippen LogP contribution >= 0.6 is 0 Å². The van der Waals surface area contributed by atoms with Gasteiger partial charge in [-0.1, -0.05) is 0 Å². The van der Waals surface area contributed by atoms with Gasteiger partial charge in [0.1, 0.15) is 0 Å². The third kappa shape index (κ3) is 3.49. The Morgan fingerprint density at radius 2 is 2.00 bits per heavy atom. The van der Waals surface area contributed by atoms with Crippen molar-refractivity contribution < 1.29 is 5.11 Å². The first kappa shape index (κ1) is 12.5. The maximum absolute atomic E-state index is 9.02. The van der Waals surface area contributed by atoms with E-state index in [1.54, 1.807) is 0 Å². The summed E-state index contributed by atoms with van der Waals surface area (Å²) in [7, 11) is 0. The van der Waals surface area contributed by atoms with E-state index in [1.807, 2.05) is 12.4 Å². The van der Waals surface area contributed by atoms with Crippen LogP contribution < -0.4 is 5.32 Å². The first-order valence-corrected chi connectivity index (χ1v) is 6.37. The molecule has 1 unspecified atom stereocenters. The zero-order chi connectivity index (χ0) is 11.9. The molecule has 0 spiro atoms. The number of aromatic nitrogens is 1. The Morgan fingerprint density at radius 1 is 1.29 bits per heavy atom. The van der Waals surface area contributed by atoms with Gasteiger partial charge < -0.3 is 10.4 Å². The van der Waals surface area contributed by atoms with E-state index in [4.69, 9.17) is 5.11 Å². The molecule has 1 atom stereocenters. The molecule has 1 aliphatic rings. The largest absolute Gasteiger partial charge is 0.396 e. The number of nitrogens with one attached hydrogen (secondary N) is 1. The molecule has 1 aliphatic heterocycles.